The second kappa shape index (κ2) is 7.40. The topological polar surface area (TPSA) is 116 Å². The maximum Gasteiger partial charge on any atom is 0.265 e. The Morgan fingerprint density at radius 3 is 2.45 bits per heavy atom. The quantitative estimate of drug-likeness (QED) is 0.403. The first-order valence-corrected chi connectivity index (χ1v) is 10.6. The molecule has 160 valence electrons. The van der Waals surface area contributed by atoms with Crippen LogP contribution in [0.1, 0.15) is 15.9 Å². The lowest BCUT2D eigenvalue weighted by Crippen LogP contribution is -2.23. The van der Waals surface area contributed by atoms with Crippen molar-refractivity contribution in [2.45, 2.75) is 11.4 Å². The van der Waals surface area contributed by atoms with E-state index in [2.05, 4.69) is 5.32 Å². The monoisotopic (exact) mass is 466 g/mol. The molecule has 1 amide bonds. The van der Waals surface area contributed by atoms with E-state index in [0.29, 0.717) is 6.07 Å². The number of rotatable bonds is 0. The first kappa shape index (κ1) is 20.9. The fraction of sp³-hybridized carbons (Fsp3) is 0.0500. The molecule has 0 aliphatic carbocycles. The van der Waals surface area contributed by atoms with Gasteiger partial charge in [-0.05, 0) is 41.5 Å². The number of sulfonamides is 1. The van der Waals surface area contributed by atoms with Gasteiger partial charge < -0.3 is 15.5 Å². The number of anilines is 1. The number of carbonyl (C=O) groups is 1. The summed E-state index contributed by atoms with van der Waals surface area (Å²) in [6.07, 6.45) is 0. The number of phenolic OH excluding ortho intramolecular Hbond substituents is 2. The van der Waals surface area contributed by atoms with E-state index >= 15 is 0 Å². The number of hydrogen-bond donors (Lipinski definition) is 4. The number of benzene rings is 3. The number of fused-ring (bicyclic) bond motifs is 6. The van der Waals surface area contributed by atoms with Crippen molar-refractivity contribution < 1.29 is 32.2 Å². The van der Waals surface area contributed by atoms with Crippen LogP contribution in [0, 0.1) is 11.6 Å². The second-order valence-electron chi connectivity index (χ2n) is 6.75. The van der Waals surface area contributed by atoms with E-state index in [1.54, 1.807) is 0 Å². The number of nitrogens with one attached hydrogen (secondary N) is 2. The van der Waals surface area contributed by atoms with E-state index in [0.717, 1.165) is 18.2 Å². The molecule has 0 radical (unpaired) electrons. The molecule has 7 nitrogen and oxygen atoms in total. The van der Waals surface area contributed by atoms with Crippen molar-refractivity contribution in [2.75, 3.05) is 4.72 Å². The van der Waals surface area contributed by atoms with Crippen LogP contribution in [0.5, 0.6) is 11.5 Å². The molecule has 4 rings (SSSR count). The Bertz CT molecular complexity index is 1360. The van der Waals surface area contributed by atoms with E-state index in [4.69, 9.17) is 11.6 Å². The van der Waals surface area contributed by atoms with Crippen molar-refractivity contribution in [1.29, 1.82) is 0 Å². The van der Waals surface area contributed by atoms with Gasteiger partial charge in [0.25, 0.3) is 15.9 Å². The van der Waals surface area contributed by atoms with Crippen molar-refractivity contribution in [1.82, 2.24) is 5.32 Å². The number of aromatic hydroxyl groups is 2. The van der Waals surface area contributed by atoms with Gasteiger partial charge in [-0.3, -0.25) is 9.52 Å². The molecule has 0 unspecified atom stereocenters. The van der Waals surface area contributed by atoms with E-state index in [9.17, 15) is 32.2 Å². The third-order valence-corrected chi connectivity index (χ3v) is 6.37. The third kappa shape index (κ3) is 3.75. The summed E-state index contributed by atoms with van der Waals surface area (Å²) in [7, 11) is -4.62. The summed E-state index contributed by atoms with van der Waals surface area (Å²) in [5, 5.41) is 22.1. The molecule has 4 N–H and O–H groups in total. The number of halogens is 3. The Morgan fingerprint density at radius 2 is 1.71 bits per heavy atom. The van der Waals surface area contributed by atoms with E-state index in [1.165, 1.54) is 18.2 Å². The minimum Gasteiger partial charge on any atom is -0.508 e. The number of carbonyl (C=O) groups excluding carboxylic acids is 1. The number of amides is 1. The molecule has 0 atom stereocenters. The molecule has 3 aromatic rings. The minimum atomic E-state index is -4.62. The SMILES string of the molecule is O=C1NCc2cc(O)ccc2-c2cc(c(F)cc2F)NS(=O)(=O)c2cc1cc(Cl)c2O. The Labute approximate surface area is 180 Å². The van der Waals surface area contributed by atoms with Gasteiger partial charge in [0.15, 0.2) is 5.75 Å². The minimum absolute atomic E-state index is 0.157. The van der Waals surface area contributed by atoms with Crippen LogP contribution >= 0.6 is 11.6 Å². The van der Waals surface area contributed by atoms with Crippen LogP contribution in [0.25, 0.3) is 11.1 Å². The van der Waals surface area contributed by atoms with Gasteiger partial charge in [0.1, 0.15) is 22.3 Å². The van der Waals surface area contributed by atoms with Gasteiger partial charge >= 0.3 is 0 Å². The molecule has 11 heteroatoms. The van der Waals surface area contributed by atoms with Crippen molar-refractivity contribution in [3.8, 4) is 22.6 Å². The highest BCUT2D eigenvalue weighted by molar-refractivity contribution is 7.92. The van der Waals surface area contributed by atoms with Gasteiger partial charge in [-0.25, -0.2) is 17.2 Å². The summed E-state index contributed by atoms with van der Waals surface area (Å²) in [4.78, 5) is 11.8. The highest BCUT2D eigenvalue weighted by Crippen LogP contribution is 2.36. The standard InChI is InChI=1S/C20H13ClF2N2O5S/c21-14-4-9-5-18(19(14)27)31(29,30)25-17-6-13(15(22)7-16(17)23)12-2-1-11(26)3-10(12)8-24-20(9)28/h1-7,25-27H,8H2,(H,24,28). The molecule has 0 saturated heterocycles. The zero-order valence-electron chi connectivity index (χ0n) is 15.4. The van der Waals surface area contributed by atoms with Crippen molar-refractivity contribution >= 4 is 33.2 Å². The van der Waals surface area contributed by atoms with Gasteiger partial charge in [-0.15, -0.1) is 0 Å². The zero-order chi connectivity index (χ0) is 22.5. The molecule has 0 spiro atoms. The summed E-state index contributed by atoms with van der Waals surface area (Å²) >= 11 is 5.89. The summed E-state index contributed by atoms with van der Waals surface area (Å²) < 4.78 is 56.6. The van der Waals surface area contributed by atoms with Crippen molar-refractivity contribution in [2.24, 2.45) is 0 Å². The smallest absolute Gasteiger partial charge is 0.265 e. The number of hydrogen-bond acceptors (Lipinski definition) is 5. The lowest BCUT2D eigenvalue weighted by molar-refractivity contribution is 0.0950. The van der Waals surface area contributed by atoms with E-state index in [-0.39, 0.29) is 34.5 Å². The van der Waals surface area contributed by atoms with Crippen LogP contribution in [-0.4, -0.2) is 24.5 Å². The molecular weight excluding hydrogens is 454 g/mol. The third-order valence-electron chi connectivity index (χ3n) is 4.70. The molecule has 1 aliphatic heterocycles. The molecule has 3 aromatic carbocycles. The van der Waals surface area contributed by atoms with Gasteiger partial charge in [-0.1, -0.05) is 17.7 Å². The molecule has 0 fully saturated rings. The average molecular weight is 467 g/mol. The van der Waals surface area contributed by atoms with Crippen LogP contribution in [0.4, 0.5) is 14.5 Å². The molecular formula is C20H13ClF2N2O5S. The predicted molar refractivity (Wildman–Crippen MR) is 109 cm³/mol. The van der Waals surface area contributed by atoms with Gasteiger partial charge in [-0.2, -0.15) is 0 Å². The normalized spacial score (nSPS) is 14.9. The molecule has 1 heterocycles. The van der Waals surface area contributed by atoms with Crippen molar-refractivity contribution in [3.63, 3.8) is 0 Å². The predicted octanol–water partition coefficient (Wildman–Crippen LogP) is 3.74. The fourth-order valence-electron chi connectivity index (χ4n) is 3.21. The van der Waals surface area contributed by atoms with Crippen LogP contribution in [0.2, 0.25) is 5.02 Å². The van der Waals surface area contributed by atoms with Crippen LogP contribution in [-0.2, 0) is 16.6 Å². The largest absolute Gasteiger partial charge is 0.508 e. The molecule has 4 bridgehead atoms. The molecule has 0 saturated carbocycles. The Balaban J connectivity index is 2.02. The summed E-state index contributed by atoms with van der Waals surface area (Å²) in [5.74, 6) is -3.92. The highest BCUT2D eigenvalue weighted by Gasteiger charge is 2.26. The molecule has 1 aliphatic rings. The van der Waals surface area contributed by atoms with Gasteiger partial charge in [0, 0.05) is 23.7 Å². The highest BCUT2D eigenvalue weighted by atomic mass is 35.5. The van der Waals surface area contributed by atoms with Crippen LogP contribution in [0.3, 0.4) is 0 Å². The Hall–Kier alpha value is -3.37. The van der Waals surface area contributed by atoms with Crippen LogP contribution in [0.15, 0.2) is 47.4 Å². The summed E-state index contributed by atoms with van der Waals surface area (Å²) in [5.41, 5.74) is -0.464. The first-order valence-electron chi connectivity index (χ1n) is 8.71. The first-order chi connectivity index (χ1) is 14.6. The van der Waals surface area contributed by atoms with E-state index in [1.807, 2.05) is 4.72 Å². The fourth-order valence-corrected chi connectivity index (χ4v) is 4.69. The molecule has 31 heavy (non-hydrogen) atoms. The summed E-state index contributed by atoms with van der Waals surface area (Å²) in [6, 6.07) is 7.31. The zero-order valence-corrected chi connectivity index (χ0v) is 17.0. The Kier molecular flexibility index (Phi) is 4.98. The maximum absolute atomic E-state index is 14.6. The number of phenols is 2. The Morgan fingerprint density at radius 1 is 0.968 bits per heavy atom. The summed E-state index contributed by atoms with van der Waals surface area (Å²) in [6.45, 7) is -0.178. The van der Waals surface area contributed by atoms with Gasteiger partial charge in [0.05, 0.1) is 10.7 Å². The lowest BCUT2D eigenvalue weighted by atomic mass is 9.98. The molecule has 0 aromatic heterocycles. The maximum atomic E-state index is 14.6. The second-order valence-corrected chi connectivity index (χ2v) is 8.80. The average Bonchev–Trinajstić information content (AvgIpc) is 2.70. The lowest BCUT2D eigenvalue weighted by Gasteiger charge is -2.14. The van der Waals surface area contributed by atoms with Crippen LogP contribution < -0.4 is 10.0 Å². The van der Waals surface area contributed by atoms with E-state index < -0.39 is 48.9 Å². The van der Waals surface area contributed by atoms with Gasteiger partial charge in [0.2, 0.25) is 0 Å². The van der Waals surface area contributed by atoms with Crippen molar-refractivity contribution in [3.05, 3.63) is 70.2 Å².